The minimum absolute atomic E-state index is 0.0746. The molecule has 7 aromatic carbocycles. The Labute approximate surface area is 284 Å². The SMILES string of the molecule is Cc1cccc(-c2cc(C)cc(-c3ccc(N(c4ccc(-c5ccccc5)cc4)c4ccc5c(c4)C(C)(C)c4ccccc4-5)cc3)c2)c1. The summed E-state index contributed by atoms with van der Waals surface area (Å²) < 4.78 is 0. The highest BCUT2D eigenvalue weighted by molar-refractivity contribution is 5.86. The first-order valence-electron chi connectivity index (χ1n) is 16.8. The first kappa shape index (κ1) is 29.7. The van der Waals surface area contributed by atoms with Gasteiger partial charge in [-0.3, -0.25) is 0 Å². The van der Waals surface area contributed by atoms with E-state index in [9.17, 15) is 0 Å². The first-order valence-corrected chi connectivity index (χ1v) is 16.8. The van der Waals surface area contributed by atoms with Gasteiger partial charge in [0.2, 0.25) is 0 Å². The molecule has 7 aromatic rings. The van der Waals surface area contributed by atoms with Crippen molar-refractivity contribution in [2.24, 2.45) is 0 Å². The van der Waals surface area contributed by atoms with E-state index in [4.69, 9.17) is 0 Å². The lowest BCUT2D eigenvalue weighted by Gasteiger charge is -2.28. The molecule has 1 nitrogen and oxygen atoms in total. The molecule has 0 spiro atoms. The zero-order valence-electron chi connectivity index (χ0n) is 28.0. The topological polar surface area (TPSA) is 3.24 Å². The van der Waals surface area contributed by atoms with E-state index in [1.807, 2.05) is 0 Å². The van der Waals surface area contributed by atoms with Gasteiger partial charge in [-0.15, -0.1) is 0 Å². The molecule has 8 rings (SSSR count). The smallest absolute Gasteiger partial charge is 0.0465 e. The number of rotatable bonds is 6. The van der Waals surface area contributed by atoms with Gasteiger partial charge in [0.25, 0.3) is 0 Å². The van der Waals surface area contributed by atoms with Gasteiger partial charge in [0.05, 0.1) is 0 Å². The predicted molar refractivity (Wildman–Crippen MR) is 204 cm³/mol. The van der Waals surface area contributed by atoms with Crippen LogP contribution in [0.25, 0.3) is 44.5 Å². The van der Waals surface area contributed by atoms with E-state index >= 15 is 0 Å². The van der Waals surface area contributed by atoms with Gasteiger partial charge in [-0.05, 0) is 118 Å². The van der Waals surface area contributed by atoms with Gasteiger partial charge in [-0.2, -0.15) is 0 Å². The maximum atomic E-state index is 2.41. The summed E-state index contributed by atoms with van der Waals surface area (Å²) in [4.78, 5) is 2.40. The summed E-state index contributed by atoms with van der Waals surface area (Å²) in [5.74, 6) is 0. The fraction of sp³-hybridized carbons (Fsp3) is 0.106. The normalized spacial score (nSPS) is 12.8. The molecule has 0 aliphatic heterocycles. The Morgan fingerprint density at radius 3 is 1.56 bits per heavy atom. The summed E-state index contributed by atoms with van der Waals surface area (Å²) in [5, 5.41) is 0. The average Bonchev–Trinajstić information content (AvgIpc) is 3.35. The molecule has 0 amide bonds. The fourth-order valence-electron chi connectivity index (χ4n) is 7.46. The molecule has 0 radical (unpaired) electrons. The van der Waals surface area contributed by atoms with Crippen molar-refractivity contribution in [3.8, 4) is 44.5 Å². The van der Waals surface area contributed by atoms with Crippen LogP contribution in [0.5, 0.6) is 0 Å². The van der Waals surface area contributed by atoms with Crippen molar-refractivity contribution < 1.29 is 0 Å². The third kappa shape index (κ3) is 5.32. The first-order chi connectivity index (χ1) is 23.3. The summed E-state index contributed by atoms with van der Waals surface area (Å²) in [6, 6.07) is 60.1. The quantitative estimate of drug-likeness (QED) is 0.179. The standard InChI is InChI=1S/C47H39N/c1-32-11-10-14-37(27-32)39-29-33(2)28-38(30-39)36-19-23-41(24-20-36)48(40-21-17-35(18-22-40)34-12-6-5-7-13-34)42-25-26-44-43-15-8-9-16-45(43)47(3,4)46(44)31-42/h5-31H,1-4H3. The van der Waals surface area contributed by atoms with Crippen molar-refractivity contribution in [2.75, 3.05) is 4.90 Å². The number of aryl methyl sites for hydroxylation is 2. The largest absolute Gasteiger partial charge is 0.310 e. The van der Waals surface area contributed by atoms with Crippen LogP contribution in [0.2, 0.25) is 0 Å². The summed E-state index contributed by atoms with van der Waals surface area (Å²) in [6.07, 6.45) is 0. The second-order valence-corrected chi connectivity index (χ2v) is 13.7. The lowest BCUT2D eigenvalue weighted by Crippen LogP contribution is -2.16. The molecule has 1 aliphatic rings. The molecular weight excluding hydrogens is 579 g/mol. The molecule has 0 saturated heterocycles. The Morgan fingerprint density at radius 2 is 0.875 bits per heavy atom. The van der Waals surface area contributed by atoms with Gasteiger partial charge in [-0.25, -0.2) is 0 Å². The van der Waals surface area contributed by atoms with Crippen LogP contribution in [0.4, 0.5) is 17.1 Å². The van der Waals surface area contributed by atoms with Crippen molar-refractivity contribution in [3.05, 3.63) is 186 Å². The summed E-state index contributed by atoms with van der Waals surface area (Å²) in [6.45, 7) is 9.04. The van der Waals surface area contributed by atoms with Gasteiger partial charge in [0, 0.05) is 22.5 Å². The Morgan fingerprint density at radius 1 is 0.354 bits per heavy atom. The third-order valence-corrected chi connectivity index (χ3v) is 9.95. The minimum atomic E-state index is -0.0746. The maximum absolute atomic E-state index is 2.41. The highest BCUT2D eigenvalue weighted by Gasteiger charge is 2.35. The van der Waals surface area contributed by atoms with Gasteiger partial charge >= 0.3 is 0 Å². The minimum Gasteiger partial charge on any atom is -0.310 e. The van der Waals surface area contributed by atoms with Crippen molar-refractivity contribution in [2.45, 2.75) is 33.1 Å². The number of hydrogen-bond donors (Lipinski definition) is 0. The molecule has 0 N–H and O–H groups in total. The molecule has 1 aliphatic carbocycles. The van der Waals surface area contributed by atoms with Crippen LogP contribution in [0, 0.1) is 13.8 Å². The van der Waals surface area contributed by atoms with Crippen molar-refractivity contribution >= 4 is 17.1 Å². The van der Waals surface area contributed by atoms with E-state index in [0.717, 1.165) is 17.1 Å². The van der Waals surface area contributed by atoms with E-state index < -0.39 is 0 Å². The second-order valence-electron chi connectivity index (χ2n) is 13.7. The molecule has 1 heteroatoms. The van der Waals surface area contributed by atoms with E-state index in [1.165, 1.54) is 66.8 Å². The number of hydrogen-bond acceptors (Lipinski definition) is 1. The van der Waals surface area contributed by atoms with Crippen molar-refractivity contribution in [1.29, 1.82) is 0 Å². The number of benzene rings is 7. The second kappa shape index (κ2) is 11.9. The lowest BCUT2D eigenvalue weighted by molar-refractivity contribution is 0.660. The highest BCUT2D eigenvalue weighted by atomic mass is 15.1. The molecule has 0 saturated carbocycles. The molecule has 0 atom stereocenters. The fourth-order valence-corrected chi connectivity index (χ4v) is 7.46. The number of anilines is 3. The number of nitrogens with zero attached hydrogens (tertiary/aromatic N) is 1. The van der Waals surface area contributed by atoms with Gasteiger partial charge in [0.1, 0.15) is 0 Å². The summed E-state index contributed by atoms with van der Waals surface area (Å²) in [5.41, 5.74) is 18.7. The monoisotopic (exact) mass is 617 g/mol. The Balaban J connectivity index is 1.21. The molecule has 0 fully saturated rings. The molecule has 0 heterocycles. The molecule has 232 valence electrons. The number of fused-ring (bicyclic) bond motifs is 3. The van der Waals surface area contributed by atoms with Crippen LogP contribution in [0.3, 0.4) is 0 Å². The molecule has 0 unspecified atom stereocenters. The van der Waals surface area contributed by atoms with E-state index in [1.54, 1.807) is 0 Å². The van der Waals surface area contributed by atoms with Crippen LogP contribution < -0.4 is 4.90 Å². The Hall–Kier alpha value is -5.66. The van der Waals surface area contributed by atoms with E-state index in [0.29, 0.717) is 0 Å². The average molecular weight is 618 g/mol. The van der Waals surface area contributed by atoms with Crippen molar-refractivity contribution in [1.82, 2.24) is 0 Å². The lowest BCUT2D eigenvalue weighted by atomic mass is 9.82. The highest BCUT2D eigenvalue weighted by Crippen LogP contribution is 2.50. The van der Waals surface area contributed by atoms with Crippen LogP contribution in [-0.4, -0.2) is 0 Å². The van der Waals surface area contributed by atoms with Gasteiger partial charge in [0.15, 0.2) is 0 Å². The van der Waals surface area contributed by atoms with Crippen molar-refractivity contribution in [3.63, 3.8) is 0 Å². The molecule has 0 bridgehead atoms. The van der Waals surface area contributed by atoms with Crippen LogP contribution >= 0.6 is 0 Å². The van der Waals surface area contributed by atoms with E-state index in [2.05, 4.69) is 196 Å². The zero-order chi connectivity index (χ0) is 32.8. The summed E-state index contributed by atoms with van der Waals surface area (Å²) in [7, 11) is 0. The third-order valence-electron chi connectivity index (χ3n) is 9.95. The Kier molecular flexibility index (Phi) is 7.34. The molecule has 48 heavy (non-hydrogen) atoms. The van der Waals surface area contributed by atoms with E-state index in [-0.39, 0.29) is 5.41 Å². The van der Waals surface area contributed by atoms with Crippen LogP contribution in [-0.2, 0) is 5.41 Å². The molecular formula is C47H39N. The summed E-state index contributed by atoms with van der Waals surface area (Å²) >= 11 is 0. The maximum Gasteiger partial charge on any atom is 0.0465 e. The van der Waals surface area contributed by atoms with Gasteiger partial charge in [-0.1, -0.05) is 141 Å². The van der Waals surface area contributed by atoms with Crippen LogP contribution in [0.1, 0.15) is 36.1 Å². The van der Waals surface area contributed by atoms with Gasteiger partial charge < -0.3 is 4.90 Å². The molecule has 0 aromatic heterocycles. The zero-order valence-corrected chi connectivity index (χ0v) is 28.0. The van der Waals surface area contributed by atoms with Crippen LogP contribution in [0.15, 0.2) is 164 Å². The Bertz CT molecular complexity index is 2260. The predicted octanol–water partition coefficient (Wildman–Crippen LogP) is 13.1.